The molecule has 4 aromatic heterocycles. The maximum atomic E-state index is 12.8. The zero-order chi connectivity index (χ0) is 23.7. The van der Waals surface area contributed by atoms with E-state index in [0.29, 0.717) is 23.6 Å². The van der Waals surface area contributed by atoms with Gasteiger partial charge in [-0.2, -0.15) is 11.3 Å². The first kappa shape index (κ1) is 21.8. The highest BCUT2D eigenvalue weighted by Crippen LogP contribution is 2.28. The van der Waals surface area contributed by atoms with Crippen molar-refractivity contribution in [2.45, 2.75) is 32.1 Å². The molecule has 0 aliphatic heterocycles. The van der Waals surface area contributed by atoms with E-state index in [-0.39, 0.29) is 11.3 Å². The van der Waals surface area contributed by atoms with Crippen molar-refractivity contribution in [2.75, 3.05) is 5.32 Å². The molecule has 0 aliphatic carbocycles. The number of anilines is 1. The molecule has 5 rings (SSSR count). The lowest BCUT2D eigenvalue weighted by atomic mass is 9.80. The van der Waals surface area contributed by atoms with Crippen molar-refractivity contribution in [1.82, 2.24) is 19.5 Å². The molecule has 2 N–H and O–H groups in total. The largest absolute Gasteiger partial charge is 0.438 e. The molecule has 0 fully saturated rings. The fourth-order valence-corrected chi connectivity index (χ4v) is 4.52. The summed E-state index contributed by atoms with van der Waals surface area (Å²) in [6, 6.07) is 13.6. The number of aromatic amines is 1. The topological polar surface area (TPSA) is 105 Å². The number of pyridine rings is 1. The van der Waals surface area contributed by atoms with Crippen LogP contribution in [0.15, 0.2) is 74.9 Å². The van der Waals surface area contributed by atoms with E-state index in [9.17, 15) is 9.59 Å². The number of carbonyl (C=O) groups excluding carboxylic acids is 1. The molecular formula is C25H23N5O3S. The van der Waals surface area contributed by atoms with Gasteiger partial charge in [0.15, 0.2) is 11.6 Å². The van der Waals surface area contributed by atoms with E-state index in [2.05, 4.69) is 50.3 Å². The van der Waals surface area contributed by atoms with Crippen LogP contribution in [0.25, 0.3) is 16.8 Å². The average molecular weight is 474 g/mol. The molecule has 0 saturated heterocycles. The Hall–Kier alpha value is -3.98. The zero-order valence-corrected chi connectivity index (χ0v) is 19.6. The van der Waals surface area contributed by atoms with Gasteiger partial charge in [-0.3, -0.25) is 14.3 Å². The SMILES string of the molecule is CC(C)(CCc1noc(=O)[nH]1)c1ccc(C(=O)Nc2cn3cc(-c4ccsc4)ccc3n2)cc1. The van der Waals surface area contributed by atoms with Gasteiger partial charge in [0.1, 0.15) is 5.65 Å². The molecule has 0 bridgehead atoms. The average Bonchev–Trinajstić information content (AvgIpc) is 3.58. The number of carbonyl (C=O) groups is 1. The number of thiophene rings is 1. The van der Waals surface area contributed by atoms with Gasteiger partial charge in [0.2, 0.25) is 0 Å². The van der Waals surface area contributed by atoms with E-state index < -0.39 is 5.76 Å². The van der Waals surface area contributed by atoms with Crippen LogP contribution in [-0.4, -0.2) is 25.4 Å². The van der Waals surface area contributed by atoms with E-state index in [1.807, 2.05) is 58.6 Å². The quantitative estimate of drug-likeness (QED) is 0.350. The number of aryl methyl sites for hydroxylation is 1. The molecule has 172 valence electrons. The second-order valence-electron chi connectivity index (χ2n) is 8.78. The fraction of sp³-hybridized carbons (Fsp3) is 0.200. The highest BCUT2D eigenvalue weighted by atomic mass is 32.1. The molecule has 1 aromatic carbocycles. The lowest BCUT2D eigenvalue weighted by molar-refractivity contribution is 0.102. The van der Waals surface area contributed by atoms with E-state index in [4.69, 9.17) is 0 Å². The third-order valence-electron chi connectivity index (χ3n) is 5.95. The first-order valence-corrected chi connectivity index (χ1v) is 11.8. The Kier molecular flexibility index (Phi) is 5.62. The number of amides is 1. The standard InChI is InChI=1S/C25H23N5O3S/c1-25(2,11-9-20-28-24(32)33-29-20)19-6-3-16(4-7-19)23(31)27-21-14-30-13-17(5-8-22(30)26-21)18-10-12-34-15-18/h3-8,10,12-15H,9,11H2,1-2H3,(H,27,31)(H,28,29,32). The Morgan fingerprint density at radius 1 is 1.12 bits per heavy atom. The van der Waals surface area contributed by atoms with Gasteiger partial charge in [-0.05, 0) is 69.6 Å². The van der Waals surface area contributed by atoms with Crippen LogP contribution in [-0.2, 0) is 11.8 Å². The summed E-state index contributed by atoms with van der Waals surface area (Å²) in [5.41, 5.74) is 4.48. The first-order valence-electron chi connectivity index (χ1n) is 10.9. The predicted molar refractivity (Wildman–Crippen MR) is 131 cm³/mol. The minimum absolute atomic E-state index is 0.174. The van der Waals surface area contributed by atoms with Crippen LogP contribution in [0, 0.1) is 0 Å². The van der Waals surface area contributed by atoms with Crippen LogP contribution in [0.5, 0.6) is 0 Å². The molecule has 5 aromatic rings. The highest BCUT2D eigenvalue weighted by Gasteiger charge is 2.22. The van der Waals surface area contributed by atoms with Crippen LogP contribution in [0.4, 0.5) is 5.82 Å². The van der Waals surface area contributed by atoms with E-state index in [0.717, 1.165) is 28.8 Å². The summed E-state index contributed by atoms with van der Waals surface area (Å²) in [7, 11) is 0. The van der Waals surface area contributed by atoms with E-state index >= 15 is 0 Å². The van der Waals surface area contributed by atoms with E-state index in [1.54, 1.807) is 11.3 Å². The third kappa shape index (κ3) is 4.55. The lowest BCUT2D eigenvalue weighted by Crippen LogP contribution is -2.19. The monoisotopic (exact) mass is 473 g/mol. The number of H-pyrrole nitrogens is 1. The van der Waals surface area contributed by atoms with Crippen LogP contribution in [0.1, 0.15) is 42.0 Å². The summed E-state index contributed by atoms with van der Waals surface area (Å²) >= 11 is 1.65. The number of hydrogen-bond acceptors (Lipinski definition) is 6. The number of nitrogens with zero attached hydrogens (tertiary/aromatic N) is 3. The number of nitrogens with one attached hydrogen (secondary N) is 2. The Morgan fingerprint density at radius 3 is 2.65 bits per heavy atom. The van der Waals surface area contributed by atoms with Gasteiger partial charge in [0.25, 0.3) is 5.91 Å². The smallest absolute Gasteiger partial charge is 0.305 e. The van der Waals surface area contributed by atoms with Gasteiger partial charge in [0, 0.05) is 18.2 Å². The molecule has 0 spiro atoms. The molecule has 0 aliphatic rings. The summed E-state index contributed by atoms with van der Waals surface area (Å²) in [6.45, 7) is 4.22. The molecule has 8 nitrogen and oxygen atoms in total. The van der Waals surface area contributed by atoms with Crippen molar-refractivity contribution in [3.63, 3.8) is 0 Å². The van der Waals surface area contributed by atoms with Crippen LogP contribution >= 0.6 is 11.3 Å². The third-order valence-corrected chi connectivity index (χ3v) is 6.63. The van der Waals surface area contributed by atoms with Gasteiger partial charge in [-0.15, -0.1) is 0 Å². The number of fused-ring (bicyclic) bond motifs is 1. The molecule has 34 heavy (non-hydrogen) atoms. The van der Waals surface area contributed by atoms with Crippen molar-refractivity contribution in [3.05, 3.63) is 93.1 Å². The Bertz CT molecular complexity index is 1490. The summed E-state index contributed by atoms with van der Waals surface area (Å²) in [5, 5.41) is 10.8. The molecule has 0 radical (unpaired) electrons. The molecule has 0 atom stereocenters. The summed E-state index contributed by atoms with van der Waals surface area (Å²) in [4.78, 5) is 31.0. The highest BCUT2D eigenvalue weighted by molar-refractivity contribution is 7.08. The summed E-state index contributed by atoms with van der Waals surface area (Å²) < 4.78 is 6.47. The van der Waals surface area contributed by atoms with Crippen molar-refractivity contribution < 1.29 is 9.32 Å². The van der Waals surface area contributed by atoms with Crippen molar-refractivity contribution in [3.8, 4) is 11.1 Å². The minimum Gasteiger partial charge on any atom is -0.305 e. The van der Waals surface area contributed by atoms with Crippen molar-refractivity contribution in [1.29, 1.82) is 0 Å². The second kappa shape index (κ2) is 8.75. The van der Waals surface area contributed by atoms with Gasteiger partial charge in [0.05, 0.1) is 6.20 Å². The maximum absolute atomic E-state index is 12.8. The Morgan fingerprint density at radius 2 is 1.94 bits per heavy atom. The summed E-state index contributed by atoms with van der Waals surface area (Å²) in [5.74, 6) is 0.269. The number of imidazole rings is 1. The molecule has 0 saturated carbocycles. The molecular weight excluding hydrogens is 450 g/mol. The van der Waals surface area contributed by atoms with Crippen LogP contribution in [0.2, 0.25) is 0 Å². The predicted octanol–water partition coefficient (Wildman–Crippen LogP) is 4.90. The minimum atomic E-state index is -0.545. The normalized spacial score (nSPS) is 11.7. The van der Waals surface area contributed by atoms with Gasteiger partial charge >= 0.3 is 5.76 Å². The fourth-order valence-electron chi connectivity index (χ4n) is 3.86. The maximum Gasteiger partial charge on any atom is 0.438 e. The Balaban J connectivity index is 1.26. The van der Waals surface area contributed by atoms with Crippen LogP contribution < -0.4 is 11.1 Å². The van der Waals surface area contributed by atoms with Crippen molar-refractivity contribution in [2.24, 2.45) is 0 Å². The van der Waals surface area contributed by atoms with Gasteiger partial charge < -0.3 is 9.72 Å². The number of benzene rings is 1. The molecule has 0 unspecified atom stereocenters. The number of aromatic nitrogens is 4. The molecule has 1 amide bonds. The van der Waals surface area contributed by atoms with Crippen LogP contribution in [0.3, 0.4) is 0 Å². The first-order chi connectivity index (χ1) is 16.4. The second-order valence-corrected chi connectivity index (χ2v) is 9.56. The van der Waals surface area contributed by atoms with Gasteiger partial charge in [-0.25, -0.2) is 9.78 Å². The van der Waals surface area contributed by atoms with E-state index in [1.165, 1.54) is 0 Å². The number of rotatable bonds is 7. The lowest BCUT2D eigenvalue weighted by Gasteiger charge is -2.25. The molecule has 9 heteroatoms. The van der Waals surface area contributed by atoms with Crippen molar-refractivity contribution >= 4 is 28.7 Å². The summed E-state index contributed by atoms with van der Waals surface area (Å²) in [6.07, 6.45) is 5.17. The Labute approximate surface area is 199 Å². The molecule has 4 heterocycles. The van der Waals surface area contributed by atoms with Gasteiger partial charge in [-0.1, -0.05) is 31.1 Å². The zero-order valence-electron chi connectivity index (χ0n) is 18.7. The number of hydrogen-bond donors (Lipinski definition) is 2.